The molecule has 1 nitrogen and oxygen atoms in total. The minimum atomic E-state index is 0. The molecule has 0 atom stereocenters. The van der Waals surface area contributed by atoms with E-state index >= 15 is 0 Å². The summed E-state index contributed by atoms with van der Waals surface area (Å²) in [6.07, 6.45) is 0. The van der Waals surface area contributed by atoms with Crippen LogP contribution in [0.2, 0.25) is 0 Å². The van der Waals surface area contributed by atoms with E-state index in [2.05, 4.69) is 19.1 Å². The fourth-order valence-electron chi connectivity index (χ4n) is 2.28. The van der Waals surface area contributed by atoms with Gasteiger partial charge in [-0.3, -0.25) is 4.79 Å². The van der Waals surface area contributed by atoms with Crippen molar-refractivity contribution >= 4 is 56.3 Å². The van der Waals surface area contributed by atoms with E-state index < -0.39 is 0 Å². The maximum atomic E-state index is 12.1. The molecular formula is C20H18Cl2OS. The summed E-state index contributed by atoms with van der Waals surface area (Å²) in [6, 6.07) is 25.8. The fourth-order valence-corrected chi connectivity index (χ4v) is 3.36. The molecule has 0 fully saturated rings. The molecule has 0 saturated carbocycles. The number of hydrogen-bond donors (Lipinski definition) is 0. The molecule has 1 heterocycles. The van der Waals surface area contributed by atoms with E-state index in [9.17, 15) is 4.79 Å². The molecule has 0 radical (unpaired) electrons. The van der Waals surface area contributed by atoms with Crippen molar-refractivity contribution in [3.63, 3.8) is 0 Å². The van der Waals surface area contributed by atoms with Gasteiger partial charge in [0, 0.05) is 20.2 Å². The van der Waals surface area contributed by atoms with Crippen molar-refractivity contribution in [2.45, 2.75) is 6.92 Å². The Hall–Kier alpha value is -1.87. The zero-order valence-electron chi connectivity index (χ0n) is 13.1. The van der Waals surface area contributed by atoms with Gasteiger partial charge in [-0.2, -0.15) is 0 Å². The Morgan fingerprint density at radius 1 is 0.625 bits per heavy atom. The maximum Gasteiger partial charge on any atom is 0.195 e. The van der Waals surface area contributed by atoms with Gasteiger partial charge in [0.05, 0.1) is 0 Å². The molecule has 0 aliphatic carbocycles. The Morgan fingerprint density at radius 3 is 1.46 bits per heavy atom. The van der Waals surface area contributed by atoms with E-state index in [0.29, 0.717) is 0 Å². The van der Waals surface area contributed by atoms with Crippen LogP contribution in [0, 0.1) is 6.92 Å². The van der Waals surface area contributed by atoms with E-state index in [1.54, 1.807) is 11.3 Å². The first kappa shape index (κ1) is 20.2. The Morgan fingerprint density at radius 2 is 1.04 bits per heavy atom. The average molecular weight is 377 g/mol. The van der Waals surface area contributed by atoms with Crippen molar-refractivity contribution < 1.29 is 0 Å². The van der Waals surface area contributed by atoms with Crippen LogP contribution >= 0.6 is 36.2 Å². The third kappa shape index (κ3) is 4.57. The quantitative estimate of drug-likeness (QED) is 0.331. The van der Waals surface area contributed by atoms with Gasteiger partial charge in [-0.05, 0) is 31.2 Å². The maximum absolute atomic E-state index is 12.1. The molecule has 0 aliphatic heterocycles. The summed E-state index contributed by atoms with van der Waals surface area (Å²) in [5.74, 6) is 0. The van der Waals surface area contributed by atoms with Gasteiger partial charge in [-0.1, -0.05) is 60.2 Å². The van der Waals surface area contributed by atoms with Gasteiger partial charge in [0.15, 0.2) is 5.43 Å². The summed E-state index contributed by atoms with van der Waals surface area (Å²) in [6.45, 7) is 2.08. The summed E-state index contributed by atoms with van der Waals surface area (Å²) in [4.78, 5) is 12.1. The second-order valence-electron chi connectivity index (χ2n) is 5.08. The third-order valence-electron chi connectivity index (χ3n) is 3.42. The van der Waals surface area contributed by atoms with Gasteiger partial charge in [-0.15, -0.1) is 36.2 Å². The number of hydrogen-bond acceptors (Lipinski definition) is 2. The smallest absolute Gasteiger partial charge is 0.195 e. The van der Waals surface area contributed by atoms with Crippen LogP contribution in [0.4, 0.5) is 0 Å². The molecule has 0 aliphatic rings. The van der Waals surface area contributed by atoms with Crippen LogP contribution in [0.5, 0.6) is 0 Å². The molecule has 1 aromatic heterocycles. The Labute approximate surface area is 157 Å². The highest BCUT2D eigenvalue weighted by molar-refractivity contribution is 7.24. The van der Waals surface area contributed by atoms with E-state index in [1.165, 1.54) is 5.56 Å². The topological polar surface area (TPSA) is 17.1 Å². The van der Waals surface area contributed by atoms with Crippen LogP contribution < -0.4 is 5.43 Å². The molecule has 0 amide bonds. The number of aryl methyl sites for hydroxylation is 1. The highest BCUT2D eigenvalue weighted by atomic mass is 35.5. The lowest BCUT2D eigenvalue weighted by atomic mass is 10.2. The molecular weight excluding hydrogens is 359 g/mol. The normalized spacial score (nSPS) is 9.38. The third-order valence-corrected chi connectivity index (χ3v) is 4.58. The van der Waals surface area contributed by atoms with Crippen molar-refractivity contribution in [3.05, 3.63) is 94.6 Å². The summed E-state index contributed by atoms with van der Waals surface area (Å²) < 4.78 is 2.11. The monoisotopic (exact) mass is 376 g/mol. The Balaban J connectivity index is 0.000000276. The van der Waals surface area contributed by atoms with Crippen LogP contribution in [0.3, 0.4) is 0 Å². The second kappa shape index (κ2) is 9.43. The van der Waals surface area contributed by atoms with Crippen molar-refractivity contribution in [1.29, 1.82) is 0 Å². The standard InChI is InChI=1S/C13H8OS.C7H8.2ClH/c14-13-9-5-1-3-7-11(9)15-12-8-4-2-6-10(12)13;1-7-5-3-2-4-6-7;;/h1-8H;2-6H,1H3;2*1H. The first-order valence-corrected chi connectivity index (χ1v) is 7.99. The number of rotatable bonds is 0. The van der Waals surface area contributed by atoms with Crippen molar-refractivity contribution in [3.8, 4) is 0 Å². The second-order valence-corrected chi connectivity index (χ2v) is 6.16. The van der Waals surface area contributed by atoms with Gasteiger partial charge in [0.1, 0.15) is 0 Å². The molecule has 0 unspecified atom stereocenters. The summed E-state index contributed by atoms with van der Waals surface area (Å²) in [5.41, 5.74) is 1.46. The molecule has 3 aromatic carbocycles. The zero-order valence-corrected chi connectivity index (χ0v) is 15.6. The Kier molecular flexibility index (Phi) is 7.93. The average Bonchev–Trinajstić information content (AvgIpc) is 2.57. The zero-order chi connectivity index (χ0) is 15.4. The molecule has 4 aromatic rings. The van der Waals surface area contributed by atoms with Gasteiger partial charge in [-0.25, -0.2) is 0 Å². The number of benzene rings is 3. The summed E-state index contributed by atoms with van der Waals surface area (Å²) in [7, 11) is 0. The molecule has 24 heavy (non-hydrogen) atoms. The molecule has 0 N–H and O–H groups in total. The lowest BCUT2D eigenvalue weighted by Crippen LogP contribution is -1.99. The molecule has 4 heteroatoms. The van der Waals surface area contributed by atoms with E-state index in [-0.39, 0.29) is 30.2 Å². The van der Waals surface area contributed by atoms with Crippen LogP contribution in [-0.2, 0) is 0 Å². The largest absolute Gasteiger partial charge is 0.289 e. The predicted molar refractivity (Wildman–Crippen MR) is 111 cm³/mol. The molecule has 4 rings (SSSR count). The van der Waals surface area contributed by atoms with Crippen LogP contribution in [-0.4, -0.2) is 0 Å². The Bertz CT molecular complexity index is 908. The summed E-state index contributed by atoms with van der Waals surface area (Å²) >= 11 is 1.67. The SMILES string of the molecule is Cc1ccccc1.Cl.Cl.O=c1c2ccccc2sc2ccccc12. The van der Waals surface area contributed by atoms with Crippen molar-refractivity contribution in [2.24, 2.45) is 0 Å². The van der Waals surface area contributed by atoms with Crippen LogP contribution in [0.25, 0.3) is 20.2 Å². The van der Waals surface area contributed by atoms with Crippen molar-refractivity contribution in [1.82, 2.24) is 0 Å². The van der Waals surface area contributed by atoms with Gasteiger partial charge >= 0.3 is 0 Å². The van der Waals surface area contributed by atoms with Gasteiger partial charge in [0.25, 0.3) is 0 Å². The highest BCUT2D eigenvalue weighted by Crippen LogP contribution is 2.23. The van der Waals surface area contributed by atoms with E-state index in [4.69, 9.17) is 0 Å². The van der Waals surface area contributed by atoms with Crippen LogP contribution in [0.15, 0.2) is 83.7 Å². The van der Waals surface area contributed by atoms with Crippen molar-refractivity contribution in [2.75, 3.05) is 0 Å². The highest BCUT2D eigenvalue weighted by Gasteiger charge is 2.03. The predicted octanol–water partition coefficient (Wildman–Crippen LogP) is 6.25. The molecule has 0 saturated heterocycles. The van der Waals surface area contributed by atoms with Gasteiger partial charge in [0.2, 0.25) is 0 Å². The minimum absolute atomic E-state index is 0. The minimum Gasteiger partial charge on any atom is -0.289 e. The lowest BCUT2D eigenvalue weighted by molar-refractivity contribution is 1.48. The fraction of sp³-hybridized carbons (Fsp3) is 0.0500. The van der Waals surface area contributed by atoms with E-state index in [0.717, 1.165) is 20.2 Å². The summed E-state index contributed by atoms with van der Waals surface area (Å²) in [5, 5.41) is 1.64. The molecule has 124 valence electrons. The first-order chi connectivity index (χ1) is 10.8. The molecule has 0 spiro atoms. The number of halogens is 2. The number of fused-ring (bicyclic) bond motifs is 2. The van der Waals surface area contributed by atoms with E-state index in [1.807, 2.05) is 66.7 Å². The first-order valence-electron chi connectivity index (χ1n) is 7.18. The van der Waals surface area contributed by atoms with Crippen LogP contribution in [0.1, 0.15) is 5.56 Å². The molecule has 0 bridgehead atoms. The lowest BCUT2D eigenvalue weighted by Gasteiger charge is -1.99. The van der Waals surface area contributed by atoms with Gasteiger partial charge < -0.3 is 0 Å².